The van der Waals surface area contributed by atoms with Crippen LogP contribution < -0.4 is 5.43 Å². The Morgan fingerprint density at radius 3 is 2.21 bits per heavy atom. The predicted molar refractivity (Wildman–Crippen MR) is 115 cm³/mol. The Labute approximate surface area is 169 Å². The first-order valence-electron chi connectivity index (χ1n) is 9.36. The van der Waals surface area contributed by atoms with Crippen molar-refractivity contribution in [3.05, 3.63) is 108 Å². The third kappa shape index (κ3) is 4.65. The Hall–Kier alpha value is -3.99. The van der Waals surface area contributed by atoms with E-state index in [4.69, 9.17) is 5.10 Å². The second-order valence-electron chi connectivity index (χ2n) is 6.53. The van der Waals surface area contributed by atoms with Crippen molar-refractivity contribution >= 4 is 12.1 Å². The number of hydrogen-bond donors (Lipinski definition) is 1. The number of amides is 1. The zero-order chi connectivity index (χ0) is 19.9. The zero-order valence-corrected chi connectivity index (χ0v) is 15.8. The minimum atomic E-state index is -0.163. The standard InChI is InChI=1S/C24H20N4O/c29-23(16-19-10-4-1-5-11-19)26-25-17-21-18-28(22-14-8-3-9-15-22)27-24(21)20-12-6-2-7-13-20/h1-15,17-18H,16H2,(H,26,29)/b25-17+. The maximum atomic E-state index is 12.1. The van der Waals surface area contributed by atoms with E-state index in [-0.39, 0.29) is 12.3 Å². The molecule has 142 valence electrons. The summed E-state index contributed by atoms with van der Waals surface area (Å²) in [5, 5.41) is 8.88. The largest absolute Gasteiger partial charge is 0.273 e. The van der Waals surface area contributed by atoms with E-state index in [1.165, 1.54) is 0 Å². The van der Waals surface area contributed by atoms with Crippen LogP contribution in [-0.4, -0.2) is 21.9 Å². The van der Waals surface area contributed by atoms with Crippen molar-refractivity contribution in [1.29, 1.82) is 0 Å². The van der Waals surface area contributed by atoms with Crippen molar-refractivity contribution in [3.63, 3.8) is 0 Å². The number of rotatable bonds is 6. The molecule has 29 heavy (non-hydrogen) atoms. The molecule has 5 nitrogen and oxygen atoms in total. The first kappa shape index (κ1) is 18.4. The van der Waals surface area contributed by atoms with Gasteiger partial charge in [0.15, 0.2) is 0 Å². The Morgan fingerprint density at radius 1 is 0.897 bits per heavy atom. The van der Waals surface area contributed by atoms with Gasteiger partial charge in [-0.05, 0) is 17.7 Å². The average Bonchev–Trinajstić information content (AvgIpc) is 3.20. The van der Waals surface area contributed by atoms with Gasteiger partial charge in [-0.3, -0.25) is 4.79 Å². The van der Waals surface area contributed by atoms with Crippen molar-refractivity contribution in [3.8, 4) is 16.9 Å². The summed E-state index contributed by atoms with van der Waals surface area (Å²) in [6.07, 6.45) is 3.83. The van der Waals surface area contributed by atoms with Crippen LogP contribution in [0.15, 0.2) is 102 Å². The monoisotopic (exact) mass is 380 g/mol. The van der Waals surface area contributed by atoms with Gasteiger partial charge < -0.3 is 0 Å². The van der Waals surface area contributed by atoms with Gasteiger partial charge in [-0.2, -0.15) is 10.2 Å². The van der Waals surface area contributed by atoms with Crippen LogP contribution in [0.1, 0.15) is 11.1 Å². The fourth-order valence-corrected chi connectivity index (χ4v) is 3.01. The number of carbonyl (C=O) groups excluding carboxylic acids is 1. The van der Waals surface area contributed by atoms with Crippen molar-refractivity contribution in [2.75, 3.05) is 0 Å². The van der Waals surface area contributed by atoms with Gasteiger partial charge in [0, 0.05) is 17.3 Å². The van der Waals surface area contributed by atoms with Gasteiger partial charge in [0.05, 0.1) is 18.3 Å². The van der Waals surface area contributed by atoms with Crippen LogP contribution in [0, 0.1) is 0 Å². The van der Waals surface area contributed by atoms with E-state index < -0.39 is 0 Å². The quantitative estimate of drug-likeness (QED) is 0.402. The highest BCUT2D eigenvalue weighted by atomic mass is 16.2. The lowest BCUT2D eigenvalue weighted by molar-refractivity contribution is -0.120. The molecule has 0 aliphatic rings. The Kier molecular flexibility index (Phi) is 5.58. The summed E-state index contributed by atoms with van der Waals surface area (Å²) in [5.74, 6) is -0.163. The molecule has 4 rings (SSSR count). The summed E-state index contributed by atoms with van der Waals surface area (Å²) in [7, 11) is 0. The normalized spacial score (nSPS) is 10.9. The van der Waals surface area contributed by atoms with Gasteiger partial charge in [-0.1, -0.05) is 78.9 Å². The molecule has 0 spiro atoms. The molecule has 0 fully saturated rings. The lowest BCUT2D eigenvalue weighted by Gasteiger charge is -2.00. The second-order valence-corrected chi connectivity index (χ2v) is 6.53. The van der Waals surface area contributed by atoms with E-state index in [9.17, 15) is 4.79 Å². The number of benzene rings is 3. The van der Waals surface area contributed by atoms with Gasteiger partial charge in [0.1, 0.15) is 5.69 Å². The SMILES string of the molecule is O=C(Cc1ccccc1)N/N=C/c1cn(-c2ccccc2)nc1-c1ccccc1. The molecule has 0 bridgehead atoms. The van der Waals surface area contributed by atoms with Gasteiger partial charge in [-0.25, -0.2) is 10.1 Å². The minimum Gasteiger partial charge on any atom is -0.273 e. The maximum absolute atomic E-state index is 12.1. The first-order valence-corrected chi connectivity index (χ1v) is 9.36. The highest BCUT2D eigenvalue weighted by Crippen LogP contribution is 2.22. The van der Waals surface area contributed by atoms with Gasteiger partial charge >= 0.3 is 0 Å². The molecular formula is C24H20N4O. The lowest BCUT2D eigenvalue weighted by atomic mass is 10.1. The molecule has 5 heteroatoms. The van der Waals surface area contributed by atoms with Crippen molar-refractivity contribution in [2.45, 2.75) is 6.42 Å². The van der Waals surface area contributed by atoms with Crippen molar-refractivity contribution in [2.24, 2.45) is 5.10 Å². The van der Waals surface area contributed by atoms with Crippen LogP contribution in [0.3, 0.4) is 0 Å². The summed E-state index contributed by atoms with van der Waals surface area (Å²) in [6.45, 7) is 0. The number of hydrogen-bond acceptors (Lipinski definition) is 3. The summed E-state index contributed by atoms with van der Waals surface area (Å²) in [5.41, 5.74) is 7.11. The molecule has 0 aliphatic heterocycles. The van der Waals surface area contributed by atoms with Crippen LogP contribution >= 0.6 is 0 Å². The fourth-order valence-electron chi connectivity index (χ4n) is 3.01. The minimum absolute atomic E-state index is 0.163. The van der Waals surface area contributed by atoms with E-state index in [0.717, 1.165) is 28.1 Å². The van der Waals surface area contributed by atoms with Crippen LogP contribution in [0.25, 0.3) is 16.9 Å². The van der Waals surface area contributed by atoms with E-state index in [0.29, 0.717) is 0 Å². The summed E-state index contributed by atoms with van der Waals surface area (Å²) in [4.78, 5) is 12.1. The highest BCUT2D eigenvalue weighted by molar-refractivity contribution is 5.89. The van der Waals surface area contributed by atoms with Crippen molar-refractivity contribution < 1.29 is 4.79 Å². The van der Waals surface area contributed by atoms with E-state index in [1.54, 1.807) is 6.21 Å². The van der Waals surface area contributed by atoms with Crippen LogP contribution in [0.5, 0.6) is 0 Å². The second kappa shape index (κ2) is 8.80. The zero-order valence-electron chi connectivity index (χ0n) is 15.8. The molecule has 4 aromatic rings. The summed E-state index contributed by atoms with van der Waals surface area (Å²) in [6, 6.07) is 29.4. The van der Waals surface area contributed by atoms with Crippen LogP contribution in [0.4, 0.5) is 0 Å². The molecule has 0 unspecified atom stereocenters. The van der Waals surface area contributed by atoms with Gasteiger partial charge in [0.2, 0.25) is 5.91 Å². The first-order chi connectivity index (χ1) is 14.3. The molecule has 0 aliphatic carbocycles. The Bertz CT molecular complexity index is 1100. The molecule has 0 radical (unpaired) electrons. The molecule has 0 saturated carbocycles. The Morgan fingerprint density at radius 2 is 1.52 bits per heavy atom. The molecule has 1 aromatic heterocycles. The predicted octanol–water partition coefficient (Wildman–Crippen LogP) is 4.23. The van der Waals surface area contributed by atoms with E-state index in [1.807, 2.05) is 102 Å². The molecule has 3 aromatic carbocycles. The number of aromatic nitrogens is 2. The molecular weight excluding hydrogens is 360 g/mol. The van der Waals surface area contributed by atoms with Crippen LogP contribution in [-0.2, 0) is 11.2 Å². The maximum Gasteiger partial charge on any atom is 0.244 e. The van der Waals surface area contributed by atoms with Crippen LogP contribution in [0.2, 0.25) is 0 Å². The van der Waals surface area contributed by atoms with Gasteiger partial charge in [0.25, 0.3) is 0 Å². The third-order valence-electron chi connectivity index (χ3n) is 4.41. The lowest BCUT2D eigenvalue weighted by Crippen LogP contribution is -2.19. The molecule has 1 heterocycles. The smallest absolute Gasteiger partial charge is 0.244 e. The summed E-state index contributed by atoms with van der Waals surface area (Å²) < 4.78 is 1.81. The number of nitrogens with one attached hydrogen (secondary N) is 1. The Balaban J connectivity index is 1.56. The highest BCUT2D eigenvalue weighted by Gasteiger charge is 2.11. The number of para-hydroxylation sites is 1. The van der Waals surface area contributed by atoms with E-state index in [2.05, 4.69) is 10.5 Å². The molecule has 0 atom stereocenters. The molecule has 1 N–H and O–H groups in total. The number of hydrazone groups is 1. The molecule has 1 amide bonds. The average molecular weight is 380 g/mol. The van der Waals surface area contributed by atoms with E-state index >= 15 is 0 Å². The number of nitrogens with zero attached hydrogens (tertiary/aromatic N) is 3. The topological polar surface area (TPSA) is 59.3 Å². The number of carbonyl (C=O) groups is 1. The van der Waals surface area contributed by atoms with Crippen molar-refractivity contribution in [1.82, 2.24) is 15.2 Å². The summed E-state index contributed by atoms with van der Waals surface area (Å²) >= 11 is 0. The molecule has 0 saturated heterocycles. The fraction of sp³-hybridized carbons (Fsp3) is 0.0417. The van der Waals surface area contributed by atoms with Gasteiger partial charge in [-0.15, -0.1) is 0 Å². The third-order valence-corrected chi connectivity index (χ3v) is 4.41.